The van der Waals surface area contributed by atoms with Crippen molar-refractivity contribution in [2.24, 2.45) is 0 Å². The van der Waals surface area contributed by atoms with Crippen molar-refractivity contribution in [1.82, 2.24) is 5.32 Å². The van der Waals surface area contributed by atoms with E-state index in [1.165, 1.54) is 6.42 Å². The lowest BCUT2D eigenvalue weighted by Crippen LogP contribution is -2.27. The van der Waals surface area contributed by atoms with E-state index in [1.807, 2.05) is 7.05 Å². The molecule has 0 bridgehead atoms. The molecular weight excluding hydrogens is 178 g/mol. The van der Waals surface area contributed by atoms with Crippen LogP contribution in [-0.2, 0) is 9.47 Å². The fourth-order valence-corrected chi connectivity index (χ4v) is 1.31. The molecule has 0 aliphatic heterocycles. The minimum Gasteiger partial charge on any atom is -0.379 e. The Hall–Kier alpha value is -0.120. The largest absolute Gasteiger partial charge is 0.379 e. The number of likely N-dealkylation sites (N-methyl/N-ethyl adjacent to an activating group) is 1. The lowest BCUT2D eigenvalue weighted by Gasteiger charge is -2.16. The lowest BCUT2D eigenvalue weighted by atomic mass is 10.2. The van der Waals surface area contributed by atoms with Gasteiger partial charge < -0.3 is 14.8 Å². The average Bonchev–Trinajstić information content (AvgIpc) is 2.18. The predicted octanol–water partition coefficient (Wildman–Crippen LogP) is 1.82. The number of hydrogen-bond acceptors (Lipinski definition) is 3. The molecule has 3 nitrogen and oxygen atoms in total. The Bertz CT molecular complexity index is 103. The second-order valence-corrected chi connectivity index (χ2v) is 3.45. The Morgan fingerprint density at radius 3 is 2.43 bits per heavy atom. The van der Waals surface area contributed by atoms with Gasteiger partial charge in [0.2, 0.25) is 0 Å². The molecule has 1 unspecified atom stereocenters. The maximum atomic E-state index is 5.68. The minimum absolute atomic E-state index is 0.343. The second kappa shape index (κ2) is 11.0. The summed E-state index contributed by atoms with van der Waals surface area (Å²) in [5.74, 6) is 0. The Balaban J connectivity index is 3.30. The summed E-state index contributed by atoms with van der Waals surface area (Å²) in [4.78, 5) is 0. The SMILES string of the molecule is CCCOCCOC(CCC)CNC. The van der Waals surface area contributed by atoms with E-state index in [0.717, 1.165) is 32.6 Å². The van der Waals surface area contributed by atoms with Gasteiger partial charge in [0.15, 0.2) is 0 Å². The molecule has 1 atom stereocenters. The molecular formula is C11H25NO2. The van der Waals surface area contributed by atoms with E-state index in [-0.39, 0.29) is 0 Å². The smallest absolute Gasteiger partial charge is 0.0704 e. The third-order valence-electron chi connectivity index (χ3n) is 1.97. The molecule has 3 heteroatoms. The van der Waals surface area contributed by atoms with Crippen LogP contribution in [0.15, 0.2) is 0 Å². The highest BCUT2D eigenvalue weighted by atomic mass is 16.5. The first-order chi connectivity index (χ1) is 6.85. The molecule has 0 fully saturated rings. The molecule has 0 aromatic heterocycles. The Morgan fingerprint density at radius 2 is 1.86 bits per heavy atom. The van der Waals surface area contributed by atoms with Crippen molar-refractivity contribution >= 4 is 0 Å². The van der Waals surface area contributed by atoms with Gasteiger partial charge in [-0.3, -0.25) is 0 Å². The van der Waals surface area contributed by atoms with E-state index < -0.39 is 0 Å². The molecule has 0 aliphatic rings. The van der Waals surface area contributed by atoms with Crippen molar-refractivity contribution < 1.29 is 9.47 Å². The first kappa shape index (κ1) is 13.9. The van der Waals surface area contributed by atoms with E-state index in [2.05, 4.69) is 19.2 Å². The Labute approximate surface area is 88.2 Å². The van der Waals surface area contributed by atoms with Crippen LogP contribution in [0.4, 0.5) is 0 Å². The van der Waals surface area contributed by atoms with E-state index in [4.69, 9.17) is 9.47 Å². The molecule has 14 heavy (non-hydrogen) atoms. The number of hydrogen-bond donors (Lipinski definition) is 1. The monoisotopic (exact) mass is 203 g/mol. The normalized spacial score (nSPS) is 13.1. The van der Waals surface area contributed by atoms with Crippen LogP contribution in [0.5, 0.6) is 0 Å². The van der Waals surface area contributed by atoms with Gasteiger partial charge in [-0.15, -0.1) is 0 Å². The highest BCUT2D eigenvalue weighted by molar-refractivity contribution is 4.59. The van der Waals surface area contributed by atoms with Crippen LogP contribution < -0.4 is 5.32 Å². The third kappa shape index (κ3) is 8.48. The number of ether oxygens (including phenoxy) is 2. The average molecular weight is 203 g/mol. The van der Waals surface area contributed by atoms with E-state index in [1.54, 1.807) is 0 Å². The molecule has 0 heterocycles. The standard InChI is InChI=1S/C11H25NO2/c1-4-6-11(10-12-3)14-9-8-13-7-5-2/h11-12H,4-10H2,1-3H3. The Morgan fingerprint density at radius 1 is 1.07 bits per heavy atom. The zero-order valence-electron chi connectivity index (χ0n) is 9.84. The third-order valence-corrected chi connectivity index (χ3v) is 1.97. The molecule has 1 N–H and O–H groups in total. The molecule has 0 aromatic carbocycles. The van der Waals surface area contributed by atoms with E-state index in [9.17, 15) is 0 Å². The molecule has 0 radical (unpaired) electrons. The van der Waals surface area contributed by atoms with Gasteiger partial charge >= 0.3 is 0 Å². The van der Waals surface area contributed by atoms with Crippen molar-refractivity contribution in [2.75, 3.05) is 33.4 Å². The fraction of sp³-hybridized carbons (Fsp3) is 1.00. The van der Waals surface area contributed by atoms with Crippen LogP contribution in [0.3, 0.4) is 0 Å². The summed E-state index contributed by atoms with van der Waals surface area (Å²) in [5.41, 5.74) is 0. The van der Waals surface area contributed by atoms with Crippen molar-refractivity contribution in [3.63, 3.8) is 0 Å². The van der Waals surface area contributed by atoms with Crippen LogP contribution in [0.2, 0.25) is 0 Å². The maximum absolute atomic E-state index is 5.68. The minimum atomic E-state index is 0.343. The fourth-order valence-electron chi connectivity index (χ4n) is 1.31. The van der Waals surface area contributed by atoms with E-state index in [0.29, 0.717) is 12.7 Å². The first-order valence-electron chi connectivity index (χ1n) is 5.69. The summed E-state index contributed by atoms with van der Waals surface area (Å²) in [6, 6.07) is 0. The number of nitrogens with one attached hydrogen (secondary N) is 1. The molecule has 0 aliphatic carbocycles. The zero-order chi connectivity index (χ0) is 10.6. The molecule has 86 valence electrons. The molecule has 0 saturated carbocycles. The highest BCUT2D eigenvalue weighted by Gasteiger charge is 2.05. The molecule has 0 amide bonds. The summed E-state index contributed by atoms with van der Waals surface area (Å²) < 4.78 is 11.0. The molecule has 0 spiro atoms. The van der Waals surface area contributed by atoms with Crippen LogP contribution in [0.25, 0.3) is 0 Å². The summed E-state index contributed by atoms with van der Waals surface area (Å²) in [6.45, 7) is 7.50. The van der Waals surface area contributed by atoms with Gasteiger partial charge in [-0.05, 0) is 19.9 Å². The summed E-state index contributed by atoms with van der Waals surface area (Å²) in [7, 11) is 1.96. The van der Waals surface area contributed by atoms with Gasteiger partial charge in [0, 0.05) is 13.2 Å². The summed E-state index contributed by atoms with van der Waals surface area (Å²) in [5, 5.41) is 3.14. The highest BCUT2D eigenvalue weighted by Crippen LogP contribution is 2.00. The van der Waals surface area contributed by atoms with Crippen LogP contribution in [0.1, 0.15) is 33.1 Å². The van der Waals surface area contributed by atoms with Gasteiger partial charge in [-0.2, -0.15) is 0 Å². The zero-order valence-corrected chi connectivity index (χ0v) is 9.84. The summed E-state index contributed by atoms with van der Waals surface area (Å²) >= 11 is 0. The molecule has 0 saturated heterocycles. The van der Waals surface area contributed by atoms with Crippen LogP contribution in [-0.4, -0.2) is 39.5 Å². The predicted molar refractivity (Wildman–Crippen MR) is 59.7 cm³/mol. The van der Waals surface area contributed by atoms with Crippen molar-refractivity contribution in [2.45, 2.75) is 39.2 Å². The lowest BCUT2D eigenvalue weighted by molar-refractivity contribution is 0.00248. The molecule has 0 aromatic rings. The van der Waals surface area contributed by atoms with Crippen LogP contribution in [0, 0.1) is 0 Å². The summed E-state index contributed by atoms with van der Waals surface area (Å²) in [6.07, 6.45) is 3.71. The van der Waals surface area contributed by atoms with E-state index >= 15 is 0 Å². The van der Waals surface area contributed by atoms with Crippen molar-refractivity contribution in [3.05, 3.63) is 0 Å². The van der Waals surface area contributed by atoms with Gasteiger partial charge in [0.05, 0.1) is 19.3 Å². The topological polar surface area (TPSA) is 30.5 Å². The second-order valence-electron chi connectivity index (χ2n) is 3.45. The number of rotatable bonds is 10. The van der Waals surface area contributed by atoms with Crippen LogP contribution >= 0.6 is 0 Å². The van der Waals surface area contributed by atoms with Gasteiger partial charge in [-0.1, -0.05) is 20.3 Å². The Kier molecular flexibility index (Phi) is 10.9. The van der Waals surface area contributed by atoms with Gasteiger partial charge in [0.25, 0.3) is 0 Å². The van der Waals surface area contributed by atoms with Crippen molar-refractivity contribution in [3.8, 4) is 0 Å². The van der Waals surface area contributed by atoms with Gasteiger partial charge in [-0.25, -0.2) is 0 Å². The quantitative estimate of drug-likeness (QED) is 0.549. The van der Waals surface area contributed by atoms with Crippen molar-refractivity contribution in [1.29, 1.82) is 0 Å². The molecule has 0 rings (SSSR count). The van der Waals surface area contributed by atoms with Gasteiger partial charge in [0.1, 0.15) is 0 Å². The first-order valence-corrected chi connectivity index (χ1v) is 5.69. The maximum Gasteiger partial charge on any atom is 0.0704 e.